The van der Waals surface area contributed by atoms with Gasteiger partial charge in [0.15, 0.2) is 5.12 Å². The molecule has 1 atom stereocenters. The van der Waals surface area contributed by atoms with Crippen molar-refractivity contribution in [2.75, 3.05) is 13.1 Å². The van der Waals surface area contributed by atoms with E-state index in [2.05, 4.69) is 0 Å². The molecule has 0 aromatic heterocycles. The molecule has 1 amide bonds. The third kappa shape index (κ3) is 2.85. The number of hydrogen-bond donors (Lipinski definition) is 0. The Labute approximate surface area is 76.5 Å². The first-order valence-electron chi connectivity index (χ1n) is 4.09. The number of hydrogen-bond acceptors (Lipinski definition) is 3. The van der Waals surface area contributed by atoms with Crippen LogP contribution in [0.1, 0.15) is 19.8 Å². The summed E-state index contributed by atoms with van der Waals surface area (Å²) in [6.45, 7) is 3.15. The van der Waals surface area contributed by atoms with Gasteiger partial charge in [0.1, 0.15) is 0 Å². The van der Waals surface area contributed by atoms with Crippen molar-refractivity contribution in [2.45, 2.75) is 25.0 Å². The van der Waals surface area contributed by atoms with Crippen LogP contribution in [0.15, 0.2) is 0 Å². The molecule has 12 heavy (non-hydrogen) atoms. The van der Waals surface area contributed by atoms with Crippen LogP contribution in [0, 0.1) is 0 Å². The molecular formula is C8H13NO2S. The van der Waals surface area contributed by atoms with Gasteiger partial charge in [0.05, 0.1) is 0 Å². The molecule has 0 bridgehead atoms. The summed E-state index contributed by atoms with van der Waals surface area (Å²) in [5.41, 5.74) is 0. The van der Waals surface area contributed by atoms with E-state index in [9.17, 15) is 9.59 Å². The first-order chi connectivity index (χ1) is 5.72. The van der Waals surface area contributed by atoms with Crippen LogP contribution in [0.5, 0.6) is 0 Å². The number of amides is 1. The number of nitrogens with zero attached hydrogens (tertiary/aromatic N) is 1. The van der Waals surface area contributed by atoms with Gasteiger partial charge in [0.25, 0.3) is 0 Å². The molecule has 4 heteroatoms. The van der Waals surface area contributed by atoms with E-state index in [4.69, 9.17) is 0 Å². The SMILES string of the molecule is CC(=O)SC1CCCN(C=O)C1. The molecule has 0 N–H and O–H groups in total. The number of rotatable bonds is 2. The fraction of sp³-hybridized carbons (Fsp3) is 0.750. The molecule has 3 nitrogen and oxygen atoms in total. The van der Waals surface area contributed by atoms with Gasteiger partial charge in [0.2, 0.25) is 6.41 Å². The van der Waals surface area contributed by atoms with E-state index in [-0.39, 0.29) is 5.12 Å². The monoisotopic (exact) mass is 187 g/mol. The maximum atomic E-state index is 10.8. The fourth-order valence-electron chi connectivity index (χ4n) is 1.39. The summed E-state index contributed by atoms with van der Waals surface area (Å²) in [6.07, 6.45) is 2.94. The minimum atomic E-state index is 0.146. The summed E-state index contributed by atoms with van der Waals surface area (Å²) in [4.78, 5) is 22.9. The average molecular weight is 187 g/mol. The second-order valence-corrected chi connectivity index (χ2v) is 4.45. The molecule has 1 fully saturated rings. The van der Waals surface area contributed by atoms with Gasteiger partial charge in [-0.05, 0) is 12.8 Å². The number of thioether (sulfide) groups is 1. The van der Waals surface area contributed by atoms with Crippen molar-refractivity contribution in [1.29, 1.82) is 0 Å². The highest BCUT2D eigenvalue weighted by Gasteiger charge is 2.20. The van der Waals surface area contributed by atoms with E-state index in [1.165, 1.54) is 11.8 Å². The summed E-state index contributed by atoms with van der Waals surface area (Å²) in [6, 6.07) is 0. The Balaban J connectivity index is 2.35. The van der Waals surface area contributed by atoms with E-state index in [0.29, 0.717) is 5.25 Å². The molecule has 0 radical (unpaired) electrons. The fourth-order valence-corrected chi connectivity index (χ4v) is 2.41. The smallest absolute Gasteiger partial charge is 0.209 e. The predicted molar refractivity (Wildman–Crippen MR) is 48.9 cm³/mol. The van der Waals surface area contributed by atoms with Crippen molar-refractivity contribution < 1.29 is 9.59 Å². The van der Waals surface area contributed by atoms with E-state index in [0.717, 1.165) is 32.3 Å². The standard InChI is InChI=1S/C8H13NO2S/c1-7(11)12-8-3-2-4-9(5-8)6-10/h6,8H,2-5H2,1H3. The number of carbonyl (C=O) groups is 2. The Morgan fingerprint density at radius 2 is 2.42 bits per heavy atom. The molecule has 0 saturated carbocycles. The molecule has 1 unspecified atom stereocenters. The molecule has 0 aliphatic carbocycles. The van der Waals surface area contributed by atoms with Gasteiger partial charge in [-0.25, -0.2) is 0 Å². The van der Waals surface area contributed by atoms with Crippen molar-refractivity contribution in [1.82, 2.24) is 4.90 Å². The molecule has 68 valence electrons. The molecule has 1 rings (SSSR count). The van der Waals surface area contributed by atoms with E-state index >= 15 is 0 Å². The number of carbonyl (C=O) groups excluding carboxylic acids is 2. The Bertz CT molecular complexity index is 184. The van der Waals surface area contributed by atoms with Crippen molar-refractivity contribution in [3.8, 4) is 0 Å². The summed E-state index contributed by atoms with van der Waals surface area (Å²) >= 11 is 1.36. The Kier molecular flexibility index (Phi) is 3.59. The van der Waals surface area contributed by atoms with Gasteiger partial charge in [-0.2, -0.15) is 0 Å². The molecule has 1 heterocycles. The van der Waals surface area contributed by atoms with E-state index in [1.54, 1.807) is 11.8 Å². The molecule has 1 aliphatic rings. The maximum Gasteiger partial charge on any atom is 0.209 e. The molecular weight excluding hydrogens is 174 g/mol. The lowest BCUT2D eigenvalue weighted by molar-refractivity contribution is -0.119. The first-order valence-corrected chi connectivity index (χ1v) is 4.97. The van der Waals surface area contributed by atoms with Gasteiger partial charge in [-0.1, -0.05) is 11.8 Å². The maximum absolute atomic E-state index is 10.8. The van der Waals surface area contributed by atoms with Crippen LogP contribution >= 0.6 is 11.8 Å². The highest BCUT2D eigenvalue weighted by atomic mass is 32.2. The zero-order valence-electron chi connectivity index (χ0n) is 7.16. The lowest BCUT2D eigenvalue weighted by atomic mass is 10.1. The third-order valence-electron chi connectivity index (χ3n) is 1.89. The minimum absolute atomic E-state index is 0.146. The first kappa shape index (κ1) is 9.58. The second kappa shape index (κ2) is 4.50. The predicted octanol–water partition coefficient (Wildman–Crippen LogP) is 0.887. The highest BCUT2D eigenvalue weighted by molar-refractivity contribution is 8.14. The third-order valence-corrected chi connectivity index (χ3v) is 2.94. The van der Waals surface area contributed by atoms with Crippen molar-refractivity contribution >= 4 is 23.3 Å². The van der Waals surface area contributed by atoms with Crippen LogP contribution in [0.2, 0.25) is 0 Å². The summed E-state index contributed by atoms with van der Waals surface area (Å²) in [5.74, 6) is 0. The van der Waals surface area contributed by atoms with Gasteiger partial charge < -0.3 is 4.90 Å². The quantitative estimate of drug-likeness (QED) is 0.602. The van der Waals surface area contributed by atoms with E-state index < -0.39 is 0 Å². The molecule has 0 aromatic carbocycles. The molecule has 0 aromatic rings. The van der Waals surface area contributed by atoms with Crippen molar-refractivity contribution in [3.05, 3.63) is 0 Å². The van der Waals surface area contributed by atoms with Crippen molar-refractivity contribution in [2.24, 2.45) is 0 Å². The van der Waals surface area contributed by atoms with Gasteiger partial charge >= 0.3 is 0 Å². The average Bonchev–Trinajstić information content (AvgIpc) is 2.03. The van der Waals surface area contributed by atoms with Crippen LogP contribution in [0.4, 0.5) is 0 Å². The van der Waals surface area contributed by atoms with Crippen LogP contribution in [0.25, 0.3) is 0 Å². The normalized spacial score (nSPS) is 23.8. The van der Waals surface area contributed by atoms with Crippen LogP contribution in [-0.2, 0) is 9.59 Å². The molecule has 0 spiro atoms. The minimum Gasteiger partial charge on any atom is -0.344 e. The number of likely N-dealkylation sites (tertiary alicyclic amines) is 1. The lowest BCUT2D eigenvalue weighted by Gasteiger charge is -2.28. The molecule has 1 aliphatic heterocycles. The Morgan fingerprint density at radius 1 is 1.67 bits per heavy atom. The van der Waals surface area contributed by atoms with E-state index in [1.807, 2.05) is 0 Å². The Hall–Kier alpha value is -0.510. The summed E-state index contributed by atoms with van der Waals surface area (Å²) in [7, 11) is 0. The zero-order chi connectivity index (χ0) is 8.97. The number of piperidine rings is 1. The summed E-state index contributed by atoms with van der Waals surface area (Å²) < 4.78 is 0. The van der Waals surface area contributed by atoms with Gasteiger partial charge in [-0.15, -0.1) is 0 Å². The zero-order valence-corrected chi connectivity index (χ0v) is 7.97. The summed E-state index contributed by atoms with van der Waals surface area (Å²) in [5, 5.41) is 0.467. The topological polar surface area (TPSA) is 37.4 Å². The highest BCUT2D eigenvalue weighted by Crippen LogP contribution is 2.21. The van der Waals surface area contributed by atoms with Crippen LogP contribution in [0.3, 0.4) is 0 Å². The second-order valence-electron chi connectivity index (χ2n) is 2.97. The lowest BCUT2D eigenvalue weighted by Crippen LogP contribution is -2.36. The Morgan fingerprint density at radius 3 is 3.00 bits per heavy atom. The molecule has 1 saturated heterocycles. The van der Waals surface area contributed by atoms with Crippen LogP contribution in [-0.4, -0.2) is 34.8 Å². The largest absolute Gasteiger partial charge is 0.344 e. The van der Waals surface area contributed by atoms with Gasteiger partial charge in [-0.3, -0.25) is 9.59 Å². The van der Waals surface area contributed by atoms with Crippen molar-refractivity contribution in [3.63, 3.8) is 0 Å². The van der Waals surface area contributed by atoms with Gasteiger partial charge in [0, 0.05) is 25.3 Å². The van der Waals surface area contributed by atoms with Crippen LogP contribution < -0.4 is 0 Å².